The second kappa shape index (κ2) is 10.9. The molecule has 6 nitrogen and oxygen atoms in total. The van der Waals surface area contributed by atoms with Crippen LogP contribution in [0.5, 0.6) is 11.5 Å². The molecule has 0 aliphatic heterocycles. The van der Waals surface area contributed by atoms with Gasteiger partial charge in [0.25, 0.3) is 5.91 Å². The number of nitrogens with one attached hydrogen (secondary N) is 1. The summed E-state index contributed by atoms with van der Waals surface area (Å²) in [5.41, 5.74) is 4.64. The van der Waals surface area contributed by atoms with Crippen molar-refractivity contribution in [3.05, 3.63) is 94.5 Å². The molecular formula is C24H21ClN2O4. The molecule has 0 unspecified atom stereocenters. The lowest BCUT2D eigenvalue weighted by Gasteiger charge is -2.06. The van der Waals surface area contributed by atoms with Crippen LogP contribution in [-0.2, 0) is 11.2 Å². The van der Waals surface area contributed by atoms with Crippen LogP contribution in [0.3, 0.4) is 0 Å². The fraction of sp³-hybridized carbons (Fsp3) is 0.125. The molecule has 0 bridgehead atoms. The zero-order valence-corrected chi connectivity index (χ0v) is 17.6. The van der Waals surface area contributed by atoms with Gasteiger partial charge in [-0.05, 0) is 66.1 Å². The number of hydrogen-bond donors (Lipinski definition) is 1. The Hall–Kier alpha value is -3.64. The Balaban J connectivity index is 1.49. The van der Waals surface area contributed by atoms with E-state index in [1.54, 1.807) is 48.5 Å². The number of esters is 1. The lowest BCUT2D eigenvalue weighted by atomic mass is 10.2. The van der Waals surface area contributed by atoms with Gasteiger partial charge in [0, 0.05) is 5.02 Å². The highest BCUT2D eigenvalue weighted by Gasteiger charge is 2.08. The van der Waals surface area contributed by atoms with Gasteiger partial charge in [0.2, 0.25) is 0 Å². The molecule has 3 aromatic rings. The summed E-state index contributed by atoms with van der Waals surface area (Å²) in [5.74, 6) is 0.0879. The van der Waals surface area contributed by atoms with E-state index in [0.717, 1.165) is 6.42 Å². The number of rotatable bonds is 8. The molecule has 0 saturated carbocycles. The second-order valence-corrected chi connectivity index (χ2v) is 6.98. The molecule has 0 radical (unpaired) electrons. The molecule has 0 saturated heterocycles. The van der Waals surface area contributed by atoms with Crippen LogP contribution in [0.25, 0.3) is 0 Å². The van der Waals surface area contributed by atoms with Gasteiger partial charge in [-0.25, -0.2) is 10.2 Å². The Bertz CT molecular complexity index is 1060. The van der Waals surface area contributed by atoms with Crippen molar-refractivity contribution in [1.29, 1.82) is 0 Å². The number of amides is 1. The van der Waals surface area contributed by atoms with Gasteiger partial charge in [-0.2, -0.15) is 5.10 Å². The summed E-state index contributed by atoms with van der Waals surface area (Å²) in [7, 11) is 0. The number of nitrogens with zero attached hydrogens (tertiary/aromatic N) is 1. The molecule has 0 aliphatic rings. The van der Waals surface area contributed by atoms with Crippen molar-refractivity contribution in [3.63, 3.8) is 0 Å². The van der Waals surface area contributed by atoms with Crippen LogP contribution in [-0.4, -0.2) is 24.7 Å². The van der Waals surface area contributed by atoms with Crippen molar-refractivity contribution in [2.24, 2.45) is 5.10 Å². The molecule has 158 valence electrons. The predicted octanol–water partition coefficient (Wildman–Crippen LogP) is 4.65. The molecule has 0 aromatic heterocycles. The summed E-state index contributed by atoms with van der Waals surface area (Å²) in [6.45, 7) is 1.92. The minimum absolute atomic E-state index is 0.151. The Morgan fingerprint density at radius 3 is 2.45 bits per heavy atom. The molecule has 0 aliphatic carbocycles. The van der Waals surface area contributed by atoms with E-state index in [2.05, 4.69) is 17.5 Å². The van der Waals surface area contributed by atoms with Gasteiger partial charge in [-0.3, -0.25) is 4.79 Å². The molecule has 3 rings (SSSR count). The Morgan fingerprint density at radius 1 is 1.00 bits per heavy atom. The summed E-state index contributed by atoms with van der Waals surface area (Å²) < 4.78 is 10.8. The van der Waals surface area contributed by atoms with E-state index >= 15 is 0 Å². The van der Waals surface area contributed by atoms with Crippen molar-refractivity contribution in [2.45, 2.75) is 13.3 Å². The summed E-state index contributed by atoms with van der Waals surface area (Å²) in [5, 5.41) is 4.45. The van der Waals surface area contributed by atoms with Crippen molar-refractivity contribution in [2.75, 3.05) is 6.61 Å². The minimum Gasteiger partial charge on any atom is -0.484 e. The summed E-state index contributed by atoms with van der Waals surface area (Å²) in [6.07, 6.45) is 2.39. The average Bonchev–Trinajstić information content (AvgIpc) is 2.79. The van der Waals surface area contributed by atoms with Crippen LogP contribution in [0.1, 0.15) is 28.4 Å². The third-order valence-electron chi connectivity index (χ3n) is 4.25. The number of carbonyl (C=O) groups excluding carboxylic acids is 2. The highest BCUT2D eigenvalue weighted by atomic mass is 35.5. The zero-order chi connectivity index (χ0) is 22.1. The third kappa shape index (κ3) is 6.97. The maximum Gasteiger partial charge on any atom is 0.343 e. The number of benzene rings is 3. The van der Waals surface area contributed by atoms with Crippen molar-refractivity contribution in [1.82, 2.24) is 5.43 Å². The van der Waals surface area contributed by atoms with Crippen LogP contribution < -0.4 is 14.9 Å². The summed E-state index contributed by atoms with van der Waals surface area (Å²) >= 11 is 5.83. The maximum atomic E-state index is 12.2. The first-order valence-corrected chi connectivity index (χ1v) is 10.0. The third-order valence-corrected chi connectivity index (χ3v) is 4.50. The van der Waals surface area contributed by atoms with Crippen molar-refractivity contribution < 1.29 is 19.1 Å². The van der Waals surface area contributed by atoms with Crippen molar-refractivity contribution in [3.8, 4) is 11.5 Å². The first-order valence-electron chi connectivity index (χ1n) is 9.65. The van der Waals surface area contributed by atoms with E-state index in [0.29, 0.717) is 27.6 Å². The molecule has 0 fully saturated rings. The van der Waals surface area contributed by atoms with Crippen LogP contribution in [0.15, 0.2) is 77.9 Å². The zero-order valence-electron chi connectivity index (χ0n) is 16.9. The molecule has 1 N–H and O–H groups in total. The Morgan fingerprint density at radius 2 is 1.74 bits per heavy atom. The molecule has 0 atom stereocenters. The first-order chi connectivity index (χ1) is 15.0. The number of carbonyl (C=O) groups is 2. The number of halogens is 1. The second-order valence-electron chi connectivity index (χ2n) is 6.55. The highest BCUT2D eigenvalue weighted by Crippen LogP contribution is 2.16. The normalized spacial score (nSPS) is 10.6. The Labute approximate surface area is 185 Å². The molecule has 0 heterocycles. The van der Waals surface area contributed by atoms with E-state index < -0.39 is 5.97 Å². The van der Waals surface area contributed by atoms with E-state index in [1.807, 2.05) is 24.3 Å². The first kappa shape index (κ1) is 22.1. The quantitative estimate of drug-likeness (QED) is 0.241. The van der Waals surface area contributed by atoms with Gasteiger partial charge in [0.1, 0.15) is 11.5 Å². The standard InChI is InChI=1S/C24H21ClN2O4/c1-2-17-6-12-21(13-7-17)30-16-23(28)27-26-15-18-4-3-5-22(14-18)31-24(29)19-8-10-20(25)11-9-19/h3-15H,2,16H2,1H3,(H,27,28). The summed E-state index contributed by atoms with van der Waals surface area (Å²) in [4.78, 5) is 24.1. The highest BCUT2D eigenvalue weighted by molar-refractivity contribution is 6.30. The molecule has 3 aromatic carbocycles. The molecule has 7 heteroatoms. The number of hydrogen-bond acceptors (Lipinski definition) is 5. The topological polar surface area (TPSA) is 77.0 Å². The number of hydrazone groups is 1. The largest absolute Gasteiger partial charge is 0.484 e. The molecule has 1 amide bonds. The van der Waals surface area contributed by atoms with Gasteiger partial charge >= 0.3 is 5.97 Å². The lowest BCUT2D eigenvalue weighted by Crippen LogP contribution is -2.24. The minimum atomic E-state index is -0.497. The fourth-order valence-corrected chi connectivity index (χ4v) is 2.72. The van der Waals surface area contributed by atoms with E-state index in [1.165, 1.54) is 11.8 Å². The molecule has 0 spiro atoms. The van der Waals surface area contributed by atoms with Crippen LogP contribution in [0.4, 0.5) is 0 Å². The molecule has 31 heavy (non-hydrogen) atoms. The van der Waals surface area contributed by atoms with Gasteiger partial charge in [-0.1, -0.05) is 42.8 Å². The van der Waals surface area contributed by atoms with E-state index in [4.69, 9.17) is 21.1 Å². The molecular weight excluding hydrogens is 416 g/mol. The van der Waals surface area contributed by atoms with E-state index in [-0.39, 0.29) is 12.5 Å². The van der Waals surface area contributed by atoms with Gasteiger partial charge in [0.05, 0.1) is 11.8 Å². The summed E-state index contributed by atoms with van der Waals surface area (Å²) in [6, 6.07) is 20.8. The van der Waals surface area contributed by atoms with Gasteiger partial charge in [0.15, 0.2) is 6.61 Å². The van der Waals surface area contributed by atoms with E-state index in [9.17, 15) is 9.59 Å². The SMILES string of the molecule is CCc1ccc(OCC(=O)NN=Cc2cccc(OC(=O)c3ccc(Cl)cc3)c2)cc1. The predicted molar refractivity (Wildman–Crippen MR) is 120 cm³/mol. The number of ether oxygens (including phenoxy) is 2. The lowest BCUT2D eigenvalue weighted by molar-refractivity contribution is -0.123. The van der Waals surface area contributed by atoms with Gasteiger partial charge < -0.3 is 9.47 Å². The smallest absolute Gasteiger partial charge is 0.343 e. The number of aryl methyl sites for hydroxylation is 1. The van der Waals surface area contributed by atoms with Gasteiger partial charge in [-0.15, -0.1) is 0 Å². The fourth-order valence-electron chi connectivity index (χ4n) is 2.59. The van der Waals surface area contributed by atoms with Crippen LogP contribution in [0.2, 0.25) is 5.02 Å². The van der Waals surface area contributed by atoms with Crippen LogP contribution in [0, 0.1) is 0 Å². The Kier molecular flexibility index (Phi) is 7.79. The monoisotopic (exact) mass is 436 g/mol. The maximum absolute atomic E-state index is 12.2. The van der Waals surface area contributed by atoms with Crippen LogP contribution >= 0.6 is 11.6 Å². The van der Waals surface area contributed by atoms with Crippen molar-refractivity contribution >= 4 is 29.7 Å². The average molecular weight is 437 g/mol.